The van der Waals surface area contributed by atoms with Gasteiger partial charge in [-0.25, -0.2) is 8.42 Å². The standard InChI is InChI=1S/C11H15ClN2O5S2/c1-2-13(7-8-4-3-5-19-8)21(17,18)10-6-9(14(15)16)11(12)20-10/h6,8H,2-5,7H2,1H3. The normalized spacial score (nSPS) is 19.3. The van der Waals surface area contributed by atoms with Crippen molar-refractivity contribution >= 4 is 38.6 Å². The van der Waals surface area contributed by atoms with E-state index in [4.69, 9.17) is 16.3 Å². The summed E-state index contributed by atoms with van der Waals surface area (Å²) in [5.41, 5.74) is -0.381. The molecule has 1 aromatic rings. The molecule has 1 fully saturated rings. The summed E-state index contributed by atoms with van der Waals surface area (Å²) in [7, 11) is -3.79. The number of rotatable bonds is 6. The average molecular weight is 355 g/mol. The van der Waals surface area contributed by atoms with E-state index in [1.807, 2.05) is 0 Å². The molecule has 1 aliphatic rings. The zero-order chi connectivity index (χ0) is 15.6. The van der Waals surface area contributed by atoms with Crippen LogP contribution < -0.4 is 0 Å². The molecule has 1 atom stereocenters. The Morgan fingerprint density at radius 1 is 1.62 bits per heavy atom. The minimum absolute atomic E-state index is 0.112. The van der Waals surface area contributed by atoms with Crippen molar-refractivity contribution < 1.29 is 18.1 Å². The van der Waals surface area contributed by atoms with Crippen LogP contribution in [-0.4, -0.2) is 43.4 Å². The average Bonchev–Trinajstić information content (AvgIpc) is 3.04. The molecule has 0 radical (unpaired) electrons. The molecule has 2 rings (SSSR count). The van der Waals surface area contributed by atoms with Crippen molar-refractivity contribution in [2.75, 3.05) is 19.7 Å². The molecule has 7 nitrogen and oxygen atoms in total. The number of nitrogens with zero attached hydrogens (tertiary/aromatic N) is 2. The van der Waals surface area contributed by atoms with Gasteiger partial charge in [0.15, 0.2) is 4.34 Å². The predicted octanol–water partition coefficient (Wildman–Crippen LogP) is 2.50. The fourth-order valence-electron chi connectivity index (χ4n) is 2.13. The smallest absolute Gasteiger partial charge is 0.300 e. The second-order valence-electron chi connectivity index (χ2n) is 4.57. The number of likely N-dealkylation sites (N-methyl/N-ethyl adjacent to an activating group) is 1. The maximum atomic E-state index is 12.5. The highest BCUT2D eigenvalue weighted by Crippen LogP contribution is 2.37. The van der Waals surface area contributed by atoms with Crippen LogP contribution in [0.15, 0.2) is 10.3 Å². The second kappa shape index (κ2) is 6.57. The van der Waals surface area contributed by atoms with Crippen LogP contribution in [0.2, 0.25) is 4.34 Å². The molecule has 0 N–H and O–H groups in total. The Labute approximate surface area is 131 Å². The highest BCUT2D eigenvalue weighted by molar-refractivity contribution is 7.91. The SMILES string of the molecule is CCN(CC1CCCO1)S(=O)(=O)c1cc([N+](=O)[O-])c(Cl)s1. The molecule has 0 spiro atoms. The van der Waals surface area contributed by atoms with E-state index in [0.29, 0.717) is 17.9 Å². The van der Waals surface area contributed by atoms with E-state index in [0.717, 1.165) is 18.9 Å². The monoisotopic (exact) mass is 354 g/mol. The molecule has 1 aliphatic heterocycles. The summed E-state index contributed by atoms with van der Waals surface area (Å²) in [4.78, 5) is 10.1. The number of thiophene rings is 1. The second-order valence-corrected chi connectivity index (χ2v) is 8.39. The van der Waals surface area contributed by atoms with Crippen molar-refractivity contribution in [3.8, 4) is 0 Å². The van der Waals surface area contributed by atoms with Gasteiger partial charge in [-0.1, -0.05) is 18.5 Å². The largest absolute Gasteiger partial charge is 0.377 e. The molecule has 21 heavy (non-hydrogen) atoms. The van der Waals surface area contributed by atoms with Crippen molar-refractivity contribution in [3.63, 3.8) is 0 Å². The Bertz CT molecular complexity index is 625. The van der Waals surface area contributed by atoms with Gasteiger partial charge in [0.2, 0.25) is 0 Å². The van der Waals surface area contributed by atoms with Gasteiger partial charge >= 0.3 is 0 Å². The van der Waals surface area contributed by atoms with Gasteiger partial charge in [-0.15, -0.1) is 11.3 Å². The quantitative estimate of drug-likeness (QED) is 0.578. The van der Waals surface area contributed by atoms with E-state index in [9.17, 15) is 18.5 Å². The third-order valence-electron chi connectivity index (χ3n) is 3.22. The first-order chi connectivity index (χ1) is 9.86. The number of hydrogen-bond donors (Lipinski definition) is 0. The van der Waals surface area contributed by atoms with Gasteiger partial charge < -0.3 is 4.74 Å². The van der Waals surface area contributed by atoms with E-state index in [1.165, 1.54) is 4.31 Å². The van der Waals surface area contributed by atoms with Gasteiger partial charge in [0.1, 0.15) is 4.21 Å². The van der Waals surface area contributed by atoms with E-state index < -0.39 is 14.9 Å². The van der Waals surface area contributed by atoms with Crippen molar-refractivity contribution in [3.05, 3.63) is 20.5 Å². The lowest BCUT2D eigenvalue weighted by atomic mass is 10.2. The number of nitro groups is 1. The van der Waals surface area contributed by atoms with Crippen LogP contribution in [0.25, 0.3) is 0 Å². The van der Waals surface area contributed by atoms with Crippen LogP contribution in [-0.2, 0) is 14.8 Å². The van der Waals surface area contributed by atoms with Crippen LogP contribution in [0.5, 0.6) is 0 Å². The van der Waals surface area contributed by atoms with Gasteiger partial charge in [0.05, 0.1) is 11.0 Å². The molecular weight excluding hydrogens is 340 g/mol. The summed E-state index contributed by atoms with van der Waals surface area (Å²) in [6.07, 6.45) is 1.61. The Balaban J connectivity index is 2.25. The molecule has 118 valence electrons. The first-order valence-electron chi connectivity index (χ1n) is 6.41. The molecule has 10 heteroatoms. The number of halogens is 1. The summed E-state index contributed by atoms with van der Waals surface area (Å²) in [6.45, 7) is 2.88. The van der Waals surface area contributed by atoms with E-state index >= 15 is 0 Å². The summed E-state index contributed by atoms with van der Waals surface area (Å²) in [6, 6.07) is 1.01. The molecule has 0 aliphatic carbocycles. The zero-order valence-corrected chi connectivity index (χ0v) is 13.7. The Morgan fingerprint density at radius 2 is 2.33 bits per heavy atom. The minimum Gasteiger partial charge on any atom is -0.377 e. The molecule has 1 aromatic heterocycles. The van der Waals surface area contributed by atoms with E-state index in [2.05, 4.69) is 0 Å². The Morgan fingerprint density at radius 3 is 2.81 bits per heavy atom. The molecule has 1 unspecified atom stereocenters. The van der Waals surface area contributed by atoms with Crippen molar-refractivity contribution in [1.29, 1.82) is 0 Å². The molecule has 2 heterocycles. The van der Waals surface area contributed by atoms with Crippen LogP contribution in [0.1, 0.15) is 19.8 Å². The highest BCUT2D eigenvalue weighted by Gasteiger charge is 2.32. The number of sulfonamides is 1. The molecule has 1 saturated heterocycles. The van der Waals surface area contributed by atoms with Crippen molar-refractivity contribution in [2.24, 2.45) is 0 Å². The van der Waals surface area contributed by atoms with Crippen LogP contribution in [0, 0.1) is 10.1 Å². The number of hydrogen-bond acceptors (Lipinski definition) is 6. The lowest BCUT2D eigenvalue weighted by Gasteiger charge is -2.22. The maximum absolute atomic E-state index is 12.5. The Kier molecular flexibility index (Phi) is 5.20. The summed E-state index contributed by atoms with van der Waals surface area (Å²) in [5.74, 6) is 0. The topological polar surface area (TPSA) is 89.8 Å². The third kappa shape index (κ3) is 3.54. The van der Waals surface area contributed by atoms with Crippen molar-refractivity contribution in [2.45, 2.75) is 30.1 Å². The molecule has 0 bridgehead atoms. The Hall–Kier alpha value is -0.740. The molecular formula is C11H15ClN2O5S2. The van der Waals surface area contributed by atoms with Gasteiger partial charge in [-0.3, -0.25) is 10.1 Å². The number of ether oxygens (including phenoxy) is 1. The fraction of sp³-hybridized carbons (Fsp3) is 0.636. The first-order valence-corrected chi connectivity index (χ1v) is 9.05. The van der Waals surface area contributed by atoms with Crippen LogP contribution in [0.3, 0.4) is 0 Å². The molecule has 0 amide bonds. The van der Waals surface area contributed by atoms with E-state index in [-0.39, 0.29) is 33.4 Å². The lowest BCUT2D eigenvalue weighted by molar-refractivity contribution is -0.384. The van der Waals surface area contributed by atoms with Crippen molar-refractivity contribution in [1.82, 2.24) is 4.31 Å². The first kappa shape index (κ1) is 16.6. The van der Waals surface area contributed by atoms with Gasteiger partial charge in [-0.2, -0.15) is 4.31 Å². The van der Waals surface area contributed by atoms with Gasteiger partial charge in [0.25, 0.3) is 15.7 Å². The van der Waals surface area contributed by atoms with Gasteiger partial charge in [0, 0.05) is 25.8 Å². The zero-order valence-electron chi connectivity index (χ0n) is 11.3. The summed E-state index contributed by atoms with van der Waals surface area (Å²) in [5, 5.41) is 10.8. The van der Waals surface area contributed by atoms with Gasteiger partial charge in [-0.05, 0) is 12.8 Å². The third-order valence-corrected chi connectivity index (χ3v) is 6.95. The van der Waals surface area contributed by atoms with Crippen LogP contribution >= 0.6 is 22.9 Å². The summed E-state index contributed by atoms with van der Waals surface area (Å²) < 4.78 is 31.6. The lowest BCUT2D eigenvalue weighted by Crippen LogP contribution is -2.36. The highest BCUT2D eigenvalue weighted by atomic mass is 35.5. The molecule has 0 aromatic carbocycles. The summed E-state index contributed by atoms with van der Waals surface area (Å²) >= 11 is 6.44. The van der Waals surface area contributed by atoms with Crippen LogP contribution in [0.4, 0.5) is 5.69 Å². The van der Waals surface area contributed by atoms with E-state index in [1.54, 1.807) is 6.92 Å². The predicted molar refractivity (Wildman–Crippen MR) is 79.4 cm³/mol. The molecule has 0 saturated carbocycles. The fourth-order valence-corrected chi connectivity index (χ4v) is 5.43. The minimum atomic E-state index is -3.79. The maximum Gasteiger partial charge on any atom is 0.300 e.